The van der Waals surface area contributed by atoms with Crippen LogP contribution in [0, 0.1) is 0 Å². The van der Waals surface area contributed by atoms with Crippen molar-refractivity contribution in [1.29, 1.82) is 0 Å². The van der Waals surface area contributed by atoms with Crippen LogP contribution in [0.3, 0.4) is 0 Å². The van der Waals surface area contributed by atoms with Crippen LogP contribution in [-0.4, -0.2) is 39.4 Å². The van der Waals surface area contributed by atoms with Crippen molar-refractivity contribution < 1.29 is 24.2 Å². The van der Waals surface area contributed by atoms with Gasteiger partial charge in [0.15, 0.2) is 5.82 Å². The van der Waals surface area contributed by atoms with E-state index in [2.05, 4.69) is 20.6 Å². The summed E-state index contributed by atoms with van der Waals surface area (Å²) >= 11 is 0. The second-order valence-corrected chi connectivity index (χ2v) is 7.05. The fraction of sp³-hybridized carbons (Fsp3) is 0.174. The molecule has 2 amide bonds. The summed E-state index contributed by atoms with van der Waals surface area (Å²) in [5.41, 5.74) is -0.250. The topological polar surface area (TPSA) is 150 Å². The normalized spacial score (nSPS) is 11.3. The second-order valence-electron chi connectivity index (χ2n) is 7.05. The number of aromatic nitrogens is 2. The molecule has 0 aliphatic carbocycles. The van der Waals surface area contributed by atoms with Crippen LogP contribution >= 0.6 is 0 Å². The average Bonchev–Trinajstić information content (AvgIpc) is 2.79. The number of nitrogens with one attached hydrogen (secondary N) is 3. The van der Waals surface area contributed by atoms with Gasteiger partial charge in [0.25, 0.3) is 17.4 Å². The van der Waals surface area contributed by atoms with Gasteiger partial charge < -0.3 is 25.5 Å². The third-order valence-electron chi connectivity index (χ3n) is 4.59. The number of hydrogen-bond donors (Lipinski definition) is 4. The van der Waals surface area contributed by atoms with Crippen LogP contribution in [0.1, 0.15) is 45.9 Å². The minimum Gasteiger partial charge on any atom is -0.481 e. The Morgan fingerprint density at radius 2 is 1.70 bits per heavy atom. The van der Waals surface area contributed by atoms with Crippen molar-refractivity contribution >= 4 is 17.8 Å². The number of para-hydroxylation sites is 1. The molecule has 33 heavy (non-hydrogen) atoms. The highest BCUT2D eigenvalue weighted by atomic mass is 16.5. The highest BCUT2D eigenvalue weighted by molar-refractivity contribution is 5.95. The van der Waals surface area contributed by atoms with E-state index in [0.717, 1.165) is 11.8 Å². The molecule has 3 aromatic rings. The van der Waals surface area contributed by atoms with Gasteiger partial charge in [-0.05, 0) is 36.8 Å². The van der Waals surface area contributed by atoms with Gasteiger partial charge in [-0.25, -0.2) is 4.98 Å². The molecule has 10 nitrogen and oxygen atoms in total. The second kappa shape index (κ2) is 10.7. The van der Waals surface area contributed by atoms with Crippen molar-refractivity contribution in [2.75, 3.05) is 6.54 Å². The first-order chi connectivity index (χ1) is 15.8. The number of benzene rings is 2. The van der Waals surface area contributed by atoms with E-state index in [-0.39, 0.29) is 24.4 Å². The quantitative estimate of drug-likeness (QED) is 0.390. The van der Waals surface area contributed by atoms with E-state index in [1.54, 1.807) is 31.2 Å². The maximum absolute atomic E-state index is 12.5. The highest BCUT2D eigenvalue weighted by Crippen LogP contribution is 2.23. The largest absolute Gasteiger partial charge is 0.481 e. The monoisotopic (exact) mass is 450 g/mol. The SMILES string of the molecule is CC(NC(=O)c1cnc(C(=O)NCCC(=O)O)[nH]c1=O)c1ccc(Oc2ccccc2)cc1. The molecule has 0 radical (unpaired) electrons. The third kappa shape index (κ3) is 6.50. The van der Waals surface area contributed by atoms with E-state index in [1.165, 1.54) is 0 Å². The Morgan fingerprint density at radius 1 is 1.03 bits per heavy atom. The summed E-state index contributed by atoms with van der Waals surface area (Å²) in [4.78, 5) is 53.2. The lowest BCUT2D eigenvalue weighted by molar-refractivity contribution is -0.136. The van der Waals surface area contributed by atoms with Gasteiger partial charge in [0.2, 0.25) is 0 Å². The summed E-state index contributed by atoms with van der Waals surface area (Å²) in [6, 6.07) is 16.1. The number of carboxylic acid groups (broad SMARTS) is 1. The molecule has 1 unspecified atom stereocenters. The van der Waals surface area contributed by atoms with Crippen molar-refractivity contribution in [2.24, 2.45) is 0 Å². The fourth-order valence-electron chi connectivity index (χ4n) is 2.85. The highest BCUT2D eigenvalue weighted by Gasteiger charge is 2.17. The first-order valence-corrected chi connectivity index (χ1v) is 10.1. The minimum atomic E-state index is -1.07. The predicted octanol–water partition coefficient (Wildman–Crippen LogP) is 2.26. The number of carboxylic acids is 1. The zero-order chi connectivity index (χ0) is 23.8. The lowest BCUT2D eigenvalue weighted by atomic mass is 10.1. The van der Waals surface area contributed by atoms with Crippen LogP contribution in [0.15, 0.2) is 65.6 Å². The van der Waals surface area contributed by atoms with E-state index in [4.69, 9.17) is 9.84 Å². The molecule has 4 N–H and O–H groups in total. The first kappa shape index (κ1) is 23.2. The van der Waals surface area contributed by atoms with Gasteiger partial charge >= 0.3 is 5.97 Å². The number of rotatable bonds is 9. The van der Waals surface area contributed by atoms with Gasteiger partial charge in [-0.2, -0.15) is 0 Å². The molecule has 0 spiro atoms. The maximum Gasteiger partial charge on any atom is 0.305 e. The Hall–Kier alpha value is -4.47. The number of ether oxygens (including phenoxy) is 1. The molecule has 10 heteroatoms. The standard InChI is InChI=1S/C23H22N4O6/c1-14(15-7-9-17(10-8-15)33-16-5-3-2-4-6-16)26-21(30)18-13-25-20(27-22(18)31)23(32)24-12-11-19(28)29/h2-10,13-14H,11-12H2,1H3,(H,24,32)(H,26,30)(H,28,29)(H,25,27,31). The molecule has 0 fully saturated rings. The Morgan fingerprint density at radius 3 is 2.33 bits per heavy atom. The smallest absolute Gasteiger partial charge is 0.305 e. The van der Waals surface area contributed by atoms with Crippen molar-refractivity contribution in [3.63, 3.8) is 0 Å². The van der Waals surface area contributed by atoms with E-state index in [9.17, 15) is 19.2 Å². The number of carbonyl (C=O) groups excluding carboxylic acids is 2. The molecule has 3 rings (SSSR count). The van der Waals surface area contributed by atoms with E-state index in [1.807, 2.05) is 30.3 Å². The first-order valence-electron chi connectivity index (χ1n) is 10.1. The lowest BCUT2D eigenvalue weighted by Gasteiger charge is -2.15. The van der Waals surface area contributed by atoms with Gasteiger partial charge in [0.1, 0.15) is 17.1 Å². The number of H-pyrrole nitrogens is 1. The summed E-state index contributed by atoms with van der Waals surface area (Å²) in [5.74, 6) is -1.44. The molecule has 0 saturated heterocycles. The zero-order valence-electron chi connectivity index (χ0n) is 17.7. The predicted molar refractivity (Wildman–Crippen MR) is 118 cm³/mol. The molecule has 1 atom stereocenters. The number of nitrogens with zero attached hydrogens (tertiary/aromatic N) is 1. The molecule has 1 heterocycles. The van der Waals surface area contributed by atoms with Crippen molar-refractivity contribution in [3.8, 4) is 11.5 Å². The van der Waals surface area contributed by atoms with Crippen LogP contribution in [0.25, 0.3) is 0 Å². The number of aromatic amines is 1. The summed E-state index contributed by atoms with van der Waals surface area (Å²) in [7, 11) is 0. The Bertz CT molecular complexity index is 1190. The molecule has 1 aromatic heterocycles. The molecule has 0 aliphatic rings. The van der Waals surface area contributed by atoms with Crippen molar-refractivity contribution in [2.45, 2.75) is 19.4 Å². The fourth-order valence-corrected chi connectivity index (χ4v) is 2.85. The van der Waals surface area contributed by atoms with Gasteiger partial charge in [0.05, 0.1) is 12.5 Å². The summed E-state index contributed by atoms with van der Waals surface area (Å²) in [5, 5.41) is 13.6. The van der Waals surface area contributed by atoms with Gasteiger partial charge in [0, 0.05) is 12.7 Å². The minimum absolute atomic E-state index is 0.118. The summed E-state index contributed by atoms with van der Waals surface area (Å²) < 4.78 is 5.74. The number of amides is 2. The lowest BCUT2D eigenvalue weighted by Crippen LogP contribution is -2.34. The molecular weight excluding hydrogens is 428 g/mol. The Labute approximate surface area is 188 Å². The van der Waals surface area contributed by atoms with Gasteiger partial charge in [-0.15, -0.1) is 0 Å². The molecule has 2 aromatic carbocycles. The number of carbonyl (C=O) groups is 3. The molecule has 170 valence electrons. The number of aliphatic carboxylic acids is 1. The van der Waals surface area contributed by atoms with Crippen LogP contribution < -0.4 is 20.9 Å². The van der Waals surface area contributed by atoms with Crippen LogP contribution in [-0.2, 0) is 4.79 Å². The molecular formula is C23H22N4O6. The third-order valence-corrected chi connectivity index (χ3v) is 4.59. The molecule has 0 saturated carbocycles. The van der Waals surface area contributed by atoms with Crippen molar-refractivity contribution in [3.05, 3.63) is 88.1 Å². The summed E-state index contributed by atoms with van der Waals surface area (Å²) in [6.07, 6.45) is 0.734. The summed E-state index contributed by atoms with van der Waals surface area (Å²) in [6.45, 7) is 1.64. The van der Waals surface area contributed by atoms with E-state index >= 15 is 0 Å². The van der Waals surface area contributed by atoms with Crippen LogP contribution in [0.4, 0.5) is 0 Å². The average molecular weight is 450 g/mol. The van der Waals surface area contributed by atoms with E-state index < -0.39 is 29.4 Å². The molecule has 0 bridgehead atoms. The van der Waals surface area contributed by atoms with Crippen molar-refractivity contribution in [1.82, 2.24) is 20.6 Å². The maximum atomic E-state index is 12.5. The number of hydrogen-bond acceptors (Lipinski definition) is 6. The van der Waals surface area contributed by atoms with Gasteiger partial charge in [-0.3, -0.25) is 19.2 Å². The van der Waals surface area contributed by atoms with Gasteiger partial charge in [-0.1, -0.05) is 30.3 Å². The Kier molecular flexibility index (Phi) is 7.53. The van der Waals surface area contributed by atoms with Crippen LogP contribution in [0.5, 0.6) is 11.5 Å². The van der Waals surface area contributed by atoms with E-state index in [0.29, 0.717) is 11.5 Å². The van der Waals surface area contributed by atoms with Crippen LogP contribution in [0.2, 0.25) is 0 Å². The zero-order valence-corrected chi connectivity index (χ0v) is 17.7. The Balaban J connectivity index is 1.60. The molecule has 0 aliphatic heterocycles.